The lowest BCUT2D eigenvalue weighted by Crippen LogP contribution is -2.17. The number of allylic oxidation sites excluding steroid dienone is 3. The van der Waals surface area contributed by atoms with Gasteiger partial charge in [-0.1, -0.05) is 37.5 Å². The van der Waals surface area contributed by atoms with E-state index in [4.69, 9.17) is 4.74 Å². The van der Waals surface area contributed by atoms with Crippen molar-refractivity contribution in [1.82, 2.24) is 4.98 Å². The van der Waals surface area contributed by atoms with Gasteiger partial charge in [-0.25, -0.2) is 4.98 Å². The lowest BCUT2D eigenvalue weighted by molar-refractivity contribution is -0.111. The fourth-order valence-electron chi connectivity index (χ4n) is 2.57. The molecular formula is C18H24N2O2. The van der Waals surface area contributed by atoms with Crippen LogP contribution in [0.5, 0.6) is 5.75 Å². The highest BCUT2D eigenvalue weighted by Gasteiger charge is 2.15. The van der Waals surface area contributed by atoms with Crippen molar-refractivity contribution >= 4 is 11.7 Å². The van der Waals surface area contributed by atoms with Crippen LogP contribution in [0.15, 0.2) is 42.6 Å². The van der Waals surface area contributed by atoms with Gasteiger partial charge in [0.25, 0.3) is 0 Å². The molecule has 1 aromatic rings. The van der Waals surface area contributed by atoms with Crippen molar-refractivity contribution in [3.05, 3.63) is 42.6 Å². The van der Waals surface area contributed by atoms with Crippen molar-refractivity contribution in [2.75, 3.05) is 11.9 Å². The maximum absolute atomic E-state index is 11.8. The van der Waals surface area contributed by atoms with Crippen LogP contribution in [0, 0.1) is 5.92 Å². The van der Waals surface area contributed by atoms with Crippen LogP contribution in [0.3, 0.4) is 0 Å². The molecule has 1 N–H and O–H groups in total. The van der Waals surface area contributed by atoms with Crippen molar-refractivity contribution in [3.8, 4) is 5.75 Å². The molecule has 0 radical (unpaired) electrons. The van der Waals surface area contributed by atoms with E-state index in [1.54, 1.807) is 18.3 Å². The molecule has 4 nitrogen and oxygen atoms in total. The number of rotatable bonds is 6. The Morgan fingerprint density at radius 2 is 2.18 bits per heavy atom. The molecule has 1 heterocycles. The molecule has 1 saturated carbocycles. The number of anilines is 1. The zero-order chi connectivity index (χ0) is 15.6. The summed E-state index contributed by atoms with van der Waals surface area (Å²) in [4.78, 5) is 16.0. The van der Waals surface area contributed by atoms with Gasteiger partial charge in [-0.3, -0.25) is 4.79 Å². The number of ether oxygens (including phenoxy) is 1. The molecule has 4 heteroatoms. The Morgan fingerprint density at radius 3 is 2.95 bits per heavy atom. The summed E-state index contributed by atoms with van der Waals surface area (Å²) in [6.45, 7) is 2.60. The number of hydrogen-bond donors (Lipinski definition) is 1. The van der Waals surface area contributed by atoms with Crippen molar-refractivity contribution in [3.63, 3.8) is 0 Å². The van der Waals surface area contributed by atoms with E-state index >= 15 is 0 Å². The second-order valence-corrected chi connectivity index (χ2v) is 5.54. The Balaban J connectivity index is 1.92. The fraction of sp³-hybridized carbons (Fsp3) is 0.444. The summed E-state index contributed by atoms with van der Waals surface area (Å²) in [5.74, 6) is 1.53. The molecule has 0 spiro atoms. The molecule has 1 amide bonds. The normalized spacial score (nSPS) is 16.2. The van der Waals surface area contributed by atoms with Crippen LogP contribution in [-0.2, 0) is 4.79 Å². The van der Waals surface area contributed by atoms with Gasteiger partial charge in [0.15, 0.2) is 11.6 Å². The molecule has 22 heavy (non-hydrogen) atoms. The molecule has 0 saturated heterocycles. The SMILES string of the molecule is C/C=C/C=C/C(=O)Nc1ncccc1OCC1CCCCC1. The third kappa shape index (κ3) is 5.35. The average Bonchev–Trinajstić information content (AvgIpc) is 2.55. The smallest absolute Gasteiger partial charge is 0.249 e. The zero-order valence-electron chi connectivity index (χ0n) is 13.1. The van der Waals surface area contributed by atoms with E-state index in [1.165, 1.54) is 38.2 Å². The molecule has 1 aliphatic carbocycles. The van der Waals surface area contributed by atoms with E-state index in [0.717, 1.165) is 0 Å². The van der Waals surface area contributed by atoms with Gasteiger partial charge in [0.1, 0.15) is 0 Å². The topological polar surface area (TPSA) is 51.2 Å². The third-order valence-electron chi connectivity index (χ3n) is 3.76. The minimum atomic E-state index is -0.209. The van der Waals surface area contributed by atoms with Gasteiger partial charge < -0.3 is 10.1 Å². The lowest BCUT2D eigenvalue weighted by atomic mass is 9.90. The predicted octanol–water partition coefficient (Wildman–Crippen LogP) is 4.11. The Hall–Kier alpha value is -2.10. The Labute approximate surface area is 132 Å². The maximum Gasteiger partial charge on any atom is 0.249 e. The van der Waals surface area contributed by atoms with Crippen LogP contribution in [-0.4, -0.2) is 17.5 Å². The highest BCUT2D eigenvalue weighted by atomic mass is 16.5. The van der Waals surface area contributed by atoms with Gasteiger partial charge >= 0.3 is 0 Å². The van der Waals surface area contributed by atoms with E-state index in [9.17, 15) is 4.79 Å². The fourth-order valence-corrected chi connectivity index (χ4v) is 2.57. The molecule has 118 valence electrons. The standard InChI is InChI=1S/C18H24N2O2/c1-2-3-5-12-17(21)20-18-16(11-8-13-19-18)22-14-15-9-6-4-7-10-15/h2-3,5,8,11-13,15H,4,6-7,9-10,14H2,1H3,(H,19,20,21)/b3-2+,12-5+. The number of aromatic nitrogens is 1. The van der Waals surface area contributed by atoms with E-state index in [2.05, 4.69) is 10.3 Å². The number of amides is 1. The molecule has 1 aromatic heterocycles. The van der Waals surface area contributed by atoms with E-state index in [0.29, 0.717) is 24.1 Å². The zero-order valence-corrected chi connectivity index (χ0v) is 13.1. The van der Waals surface area contributed by atoms with Crippen LogP contribution in [0.1, 0.15) is 39.0 Å². The molecule has 1 fully saturated rings. The maximum atomic E-state index is 11.8. The number of nitrogens with one attached hydrogen (secondary N) is 1. The summed E-state index contributed by atoms with van der Waals surface area (Å²) in [7, 11) is 0. The molecule has 0 aromatic carbocycles. The largest absolute Gasteiger partial charge is 0.489 e. The number of carbonyl (C=O) groups excluding carboxylic acids is 1. The van der Waals surface area contributed by atoms with Crippen molar-refractivity contribution < 1.29 is 9.53 Å². The van der Waals surface area contributed by atoms with E-state index < -0.39 is 0 Å². The predicted molar refractivity (Wildman–Crippen MR) is 88.9 cm³/mol. The van der Waals surface area contributed by atoms with Gasteiger partial charge in [-0.15, -0.1) is 0 Å². The highest BCUT2D eigenvalue weighted by molar-refractivity contribution is 5.99. The first-order valence-electron chi connectivity index (χ1n) is 7.97. The molecule has 2 rings (SSSR count). The monoisotopic (exact) mass is 300 g/mol. The van der Waals surface area contributed by atoms with E-state index in [1.807, 2.05) is 25.1 Å². The Bertz CT molecular complexity index is 532. The number of hydrogen-bond acceptors (Lipinski definition) is 3. The van der Waals surface area contributed by atoms with Gasteiger partial charge in [0.2, 0.25) is 5.91 Å². The molecular weight excluding hydrogens is 276 g/mol. The minimum absolute atomic E-state index is 0.209. The Morgan fingerprint density at radius 1 is 1.36 bits per heavy atom. The Kier molecular flexibility index (Phi) is 6.68. The van der Waals surface area contributed by atoms with Gasteiger partial charge in [-0.2, -0.15) is 0 Å². The number of nitrogens with zero attached hydrogens (tertiary/aromatic N) is 1. The van der Waals surface area contributed by atoms with Crippen LogP contribution in [0.2, 0.25) is 0 Å². The summed E-state index contributed by atoms with van der Waals surface area (Å²) in [6, 6.07) is 3.67. The van der Waals surface area contributed by atoms with Crippen LogP contribution in [0.4, 0.5) is 5.82 Å². The summed E-state index contributed by atoms with van der Waals surface area (Å²) >= 11 is 0. The average molecular weight is 300 g/mol. The van der Waals surface area contributed by atoms with Crippen molar-refractivity contribution in [2.45, 2.75) is 39.0 Å². The lowest BCUT2D eigenvalue weighted by Gasteiger charge is -2.22. The van der Waals surface area contributed by atoms with Gasteiger partial charge in [0.05, 0.1) is 6.61 Å². The second-order valence-electron chi connectivity index (χ2n) is 5.54. The second kappa shape index (κ2) is 9.03. The summed E-state index contributed by atoms with van der Waals surface area (Å²) < 4.78 is 5.89. The van der Waals surface area contributed by atoms with Gasteiger partial charge in [0, 0.05) is 12.3 Å². The molecule has 0 aliphatic heterocycles. The summed E-state index contributed by atoms with van der Waals surface area (Å²) in [5, 5.41) is 2.76. The van der Waals surface area contributed by atoms with Gasteiger partial charge in [-0.05, 0) is 37.8 Å². The summed E-state index contributed by atoms with van der Waals surface area (Å²) in [5.41, 5.74) is 0. The van der Waals surface area contributed by atoms with Crippen LogP contribution in [0.25, 0.3) is 0 Å². The first-order valence-corrected chi connectivity index (χ1v) is 7.97. The third-order valence-corrected chi connectivity index (χ3v) is 3.76. The minimum Gasteiger partial charge on any atom is -0.489 e. The first kappa shape index (κ1) is 16.3. The van der Waals surface area contributed by atoms with Crippen molar-refractivity contribution in [1.29, 1.82) is 0 Å². The molecule has 0 unspecified atom stereocenters. The number of pyridine rings is 1. The quantitative estimate of drug-likeness (QED) is 0.635. The number of carbonyl (C=O) groups is 1. The first-order chi connectivity index (χ1) is 10.8. The van der Waals surface area contributed by atoms with E-state index in [-0.39, 0.29) is 5.91 Å². The summed E-state index contributed by atoms with van der Waals surface area (Å²) in [6.07, 6.45) is 14.9. The molecule has 0 atom stereocenters. The van der Waals surface area contributed by atoms with Crippen molar-refractivity contribution in [2.24, 2.45) is 5.92 Å². The van der Waals surface area contributed by atoms with Crippen LogP contribution < -0.4 is 10.1 Å². The molecule has 1 aliphatic rings. The highest BCUT2D eigenvalue weighted by Crippen LogP contribution is 2.26. The van der Waals surface area contributed by atoms with Crippen LogP contribution >= 0.6 is 0 Å². The molecule has 0 bridgehead atoms.